The molecule has 0 aliphatic heterocycles. The molecule has 148 valence electrons. The van der Waals surface area contributed by atoms with E-state index < -0.39 is 22.8 Å². The molecule has 28 heavy (non-hydrogen) atoms. The molecule has 9 nitrogen and oxygen atoms in total. The van der Waals surface area contributed by atoms with Gasteiger partial charge in [-0.2, -0.15) is 0 Å². The number of nitrogens with zero attached hydrogens (tertiary/aromatic N) is 1. The fourth-order valence-electron chi connectivity index (χ4n) is 2.97. The second-order valence-corrected chi connectivity index (χ2v) is 6.23. The second-order valence-electron chi connectivity index (χ2n) is 6.23. The maximum atomic E-state index is 12.7. The number of ether oxygens (including phenoxy) is 2. The number of carbonyl (C=O) groups is 3. The van der Waals surface area contributed by atoms with E-state index in [-0.39, 0.29) is 28.5 Å². The molecular weight excluding hydrogens is 368 g/mol. The van der Waals surface area contributed by atoms with Crippen molar-refractivity contribution in [3.63, 3.8) is 0 Å². The molecule has 0 saturated carbocycles. The number of aryl methyl sites for hydroxylation is 1. The van der Waals surface area contributed by atoms with Crippen molar-refractivity contribution in [2.45, 2.75) is 33.8 Å². The highest BCUT2D eigenvalue weighted by Gasteiger charge is 2.28. The van der Waals surface area contributed by atoms with Crippen LogP contribution in [0.15, 0.2) is 18.2 Å². The molecule has 0 aliphatic carbocycles. The number of Topliss-reactive ketones (excluding diaryl/α,β-unsaturated/α-hetero) is 2. The van der Waals surface area contributed by atoms with Gasteiger partial charge < -0.3 is 14.5 Å². The van der Waals surface area contributed by atoms with Gasteiger partial charge in [-0.15, -0.1) is 0 Å². The van der Waals surface area contributed by atoms with Gasteiger partial charge in [-0.25, -0.2) is 4.79 Å². The number of hydrogen-bond donors (Lipinski definition) is 1. The molecule has 1 aromatic heterocycles. The van der Waals surface area contributed by atoms with Gasteiger partial charge in [0.1, 0.15) is 11.3 Å². The number of methoxy groups -OCH3 is 1. The van der Waals surface area contributed by atoms with E-state index in [0.29, 0.717) is 16.8 Å². The highest BCUT2D eigenvalue weighted by Crippen LogP contribution is 2.26. The number of benzene rings is 1. The van der Waals surface area contributed by atoms with Crippen LogP contribution >= 0.6 is 0 Å². The smallest absolute Gasteiger partial charge is 0.342 e. The van der Waals surface area contributed by atoms with Gasteiger partial charge in [0.2, 0.25) is 5.78 Å². The van der Waals surface area contributed by atoms with Crippen LogP contribution in [-0.4, -0.2) is 40.7 Å². The van der Waals surface area contributed by atoms with Crippen molar-refractivity contribution in [3.8, 4) is 5.75 Å². The number of rotatable bonds is 7. The van der Waals surface area contributed by atoms with Crippen molar-refractivity contribution in [1.82, 2.24) is 4.98 Å². The van der Waals surface area contributed by atoms with E-state index in [0.717, 1.165) is 6.07 Å². The van der Waals surface area contributed by atoms with Gasteiger partial charge >= 0.3 is 5.97 Å². The van der Waals surface area contributed by atoms with E-state index in [9.17, 15) is 24.5 Å². The van der Waals surface area contributed by atoms with Gasteiger partial charge in [0.25, 0.3) is 5.69 Å². The van der Waals surface area contributed by atoms with Crippen molar-refractivity contribution in [3.05, 3.63) is 56.4 Å². The maximum absolute atomic E-state index is 12.7. The quantitative estimate of drug-likeness (QED) is 0.334. The summed E-state index contributed by atoms with van der Waals surface area (Å²) in [6, 6.07) is 3.49. The Kier molecular flexibility index (Phi) is 5.97. The zero-order chi connectivity index (χ0) is 21.2. The van der Waals surface area contributed by atoms with Crippen molar-refractivity contribution in [2.24, 2.45) is 0 Å². The summed E-state index contributed by atoms with van der Waals surface area (Å²) in [5, 5.41) is 10.9. The largest absolute Gasteiger partial charge is 0.496 e. The van der Waals surface area contributed by atoms with Crippen molar-refractivity contribution >= 4 is 23.2 Å². The maximum Gasteiger partial charge on any atom is 0.342 e. The Balaban J connectivity index is 2.29. The second kappa shape index (κ2) is 8.03. The van der Waals surface area contributed by atoms with Gasteiger partial charge in [0, 0.05) is 23.4 Å². The lowest BCUT2D eigenvalue weighted by molar-refractivity contribution is -0.384. The minimum atomic E-state index is -1.19. The molecule has 0 radical (unpaired) electrons. The van der Waals surface area contributed by atoms with E-state index in [1.54, 1.807) is 13.8 Å². The first-order valence-corrected chi connectivity index (χ1v) is 8.36. The summed E-state index contributed by atoms with van der Waals surface area (Å²) in [6.07, 6.45) is -1.19. The topological polar surface area (TPSA) is 129 Å². The van der Waals surface area contributed by atoms with Gasteiger partial charge in [-0.3, -0.25) is 19.7 Å². The number of carbonyl (C=O) groups excluding carboxylic acids is 3. The number of H-pyrrole nitrogens is 1. The number of non-ortho nitro benzene ring substituents is 1. The predicted octanol–water partition coefficient (Wildman–Crippen LogP) is 3.18. The van der Waals surface area contributed by atoms with Crippen molar-refractivity contribution in [1.29, 1.82) is 0 Å². The third-order valence-corrected chi connectivity index (χ3v) is 4.30. The van der Waals surface area contributed by atoms with Crippen LogP contribution in [0.3, 0.4) is 0 Å². The molecule has 9 heteroatoms. The average molecular weight is 388 g/mol. The van der Waals surface area contributed by atoms with Crippen molar-refractivity contribution in [2.75, 3.05) is 7.11 Å². The monoisotopic (exact) mass is 388 g/mol. The molecule has 1 N–H and O–H groups in total. The van der Waals surface area contributed by atoms with Crippen LogP contribution in [0.1, 0.15) is 56.3 Å². The summed E-state index contributed by atoms with van der Waals surface area (Å²) in [5.74, 6) is -1.56. The summed E-state index contributed by atoms with van der Waals surface area (Å²) in [5.41, 5.74) is 1.14. The molecule has 2 aromatic rings. The Hall–Kier alpha value is -3.49. The summed E-state index contributed by atoms with van der Waals surface area (Å²) < 4.78 is 10.2. The first kappa shape index (κ1) is 20.8. The highest BCUT2D eigenvalue weighted by molar-refractivity contribution is 6.05. The summed E-state index contributed by atoms with van der Waals surface area (Å²) in [6.45, 7) is 6.08. The zero-order valence-electron chi connectivity index (χ0n) is 16.1. The number of nitrogens with one attached hydrogen (secondary N) is 1. The number of nitro groups is 1. The minimum Gasteiger partial charge on any atom is -0.496 e. The van der Waals surface area contributed by atoms with Crippen LogP contribution in [0.25, 0.3) is 0 Å². The summed E-state index contributed by atoms with van der Waals surface area (Å²) in [4.78, 5) is 50.0. The molecule has 1 atom stereocenters. The summed E-state index contributed by atoms with van der Waals surface area (Å²) >= 11 is 0. The first-order valence-electron chi connectivity index (χ1n) is 8.36. The van der Waals surface area contributed by atoms with E-state index >= 15 is 0 Å². The molecule has 0 bridgehead atoms. The Morgan fingerprint density at radius 3 is 2.36 bits per heavy atom. The van der Waals surface area contributed by atoms with E-state index in [2.05, 4.69) is 4.98 Å². The fourth-order valence-corrected chi connectivity index (χ4v) is 2.97. The van der Waals surface area contributed by atoms with E-state index in [4.69, 9.17) is 9.47 Å². The number of hydrogen-bond acceptors (Lipinski definition) is 7. The van der Waals surface area contributed by atoms with Crippen LogP contribution in [0, 0.1) is 24.0 Å². The lowest BCUT2D eigenvalue weighted by Crippen LogP contribution is -2.25. The van der Waals surface area contributed by atoms with Gasteiger partial charge in [-0.1, -0.05) is 0 Å². The van der Waals surface area contributed by atoms with Crippen LogP contribution in [0.5, 0.6) is 5.75 Å². The Labute approximate surface area is 160 Å². The number of aromatic nitrogens is 1. The summed E-state index contributed by atoms with van der Waals surface area (Å²) in [7, 11) is 1.31. The number of ketones is 2. The van der Waals surface area contributed by atoms with Crippen LogP contribution in [-0.2, 0) is 4.74 Å². The molecule has 0 saturated heterocycles. The molecule has 1 aromatic carbocycles. The number of nitro benzene ring substituents is 1. The SMILES string of the molecule is COc1ccc([N+](=O)[O-])cc1C(=O)OC(C)C(=O)c1[nH]c(C)c(C(C)=O)c1C. The Morgan fingerprint density at radius 1 is 1.21 bits per heavy atom. The van der Waals surface area contributed by atoms with Crippen LogP contribution < -0.4 is 4.74 Å². The standard InChI is InChI=1S/C19H20N2O7/c1-9-16(11(3)22)10(2)20-17(9)18(23)12(4)28-19(24)14-8-13(21(25)26)6-7-15(14)27-5/h6-8,12,20H,1-5H3. The Bertz CT molecular complexity index is 975. The third-order valence-electron chi connectivity index (χ3n) is 4.30. The molecule has 0 aliphatic rings. The highest BCUT2D eigenvalue weighted by atomic mass is 16.6. The van der Waals surface area contributed by atoms with Crippen molar-refractivity contribution < 1.29 is 28.8 Å². The third kappa shape index (κ3) is 3.93. The molecule has 1 heterocycles. The minimum absolute atomic E-state index is 0.0843. The van der Waals surface area contributed by atoms with Gasteiger partial charge in [0.15, 0.2) is 11.9 Å². The number of esters is 1. The molecule has 1 unspecified atom stereocenters. The van der Waals surface area contributed by atoms with E-state index in [1.807, 2.05) is 0 Å². The lowest BCUT2D eigenvalue weighted by Gasteiger charge is -2.14. The Morgan fingerprint density at radius 2 is 1.86 bits per heavy atom. The first-order chi connectivity index (χ1) is 13.1. The lowest BCUT2D eigenvalue weighted by atomic mass is 10.0. The van der Waals surface area contributed by atoms with E-state index in [1.165, 1.54) is 33.1 Å². The normalized spacial score (nSPS) is 11.6. The van der Waals surface area contributed by atoms with Gasteiger partial charge in [-0.05, 0) is 39.3 Å². The molecule has 0 amide bonds. The molecule has 0 spiro atoms. The fraction of sp³-hybridized carbons (Fsp3) is 0.316. The molecular formula is C19H20N2O7. The van der Waals surface area contributed by atoms with Gasteiger partial charge in [0.05, 0.1) is 17.7 Å². The molecule has 0 fully saturated rings. The number of aromatic amines is 1. The average Bonchev–Trinajstić information content (AvgIpc) is 2.94. The molecule has 2 rings (SSSR count). The van der Waals surface area contributed by atoms with Crippen LogP contribution in [0.4, 0.5) is 5.69 Å². The van der Waals surface area contributed by atoms with Crippen LogP contribution in [0.2, 0.25) is 0 Å². The zero-order valence-corrected chi connectivity index (χ0v) is 16.1. The predicted molar refractivity (Wildman–Crippen MR) is 99.1 cm³/mol.